The number of benzene rings is 2. The summed E-state index contributed by atoms with van der Waals surface area (Å²) in [5.41, 5.74) is 6.02. The van der Waals surface area contributed by atoms with Crippen molar-refractivity contribution in [1.82, 2.24) is 9.78 Å². The molecule has 0 amide bonds. The average molecular weight is 292 g/mol. The van der Waals surface area contributed by atoms with Gasteiger partial charge in [0.1, 0.15) is 0 Å². The number of rotatable bonds is 3. The highest BCUT2D eigenvalue weighted by Gasteiger charge is 2.18. The summed E-state index contributed by atoms with van der Waals surface area (Å²) in [4.78, 5) is 0. The van der Waals surface area contributed by atoms with Gasteiger partial charge in [0.2, 0.25) is 5.88 Å². The summed E-state index contributed by atoms with van der Waals surface area (Å²) in [5, 5.41) is 15.3. The van der Waals surface area contributed by atoms with Crippen LogP contribution in [0.5, 0.6) is 5.88 Å². The molecule has 3 aromatic rings. The standard InChI is InChI=1S/C19H20N2O/c1-4-17-18(15-8-6-5-7-9-15)19(22)21(20-17)16-11-10-13(2)14(3)12-16/h5-12,22H,4H2,1-3H3. The number of aromatic hydroxyl groups is 1. The van der Waals surface area contributed by atoms with Crippen LogP contribution in [0, 0.1) is 13.8 Å². The molecule has 3 heteroatoms. The fourth-order valence-electron chi connectivity index (χ4n) is 2.64. The molecule has 112 valence electrons. The van der Waals surface area contributed by atoms with Crippen LogP contribution in [-0.2, 0) is 6.42 Å². The van der Waals surface area contributed by atoms with E-state index in [1.54, 1.807) is 4.68 Å². The molecule has 0 bridgehead atoms. The van der Waals surface area contributed by atoms with Crippen molar-refractivity contribution in [2.24, 2.45) is 0 Å². The predicted octanol–water partition coefficient (Wildman–Crippen LogP) is 4.42. The Morgan fingerprint density at radius 1 is 1.00 bits per heavy atom. The van der Waals surface area contributed by atoms with E-state index in [-0.39, 0.29) is 5.88 Å². The maximum Gasteiger partial charge on any atom is 0.222 e. The van der Waals surface area contributed by atoms with Crippen molar-refractivity contribution < 1.29 is 5.11 Å². The van der Waals surface area contributed by atoms with Gasteiger partial charge in [0, 0.05) is 0 Å². The average Bonchev–Trinajstić information content (AvgIpc) is 2.87. The molecule has 0 aliphatic carbocycles. The Hall–Kier alpha value is -2.55. The van der Waals surface area contributed by atoms with Crippen molar-refractivity contribution in [2.45, 2.75) is 27.2 Å². The normalized spacial score (nSPS) is 10.9. The maximum atomic E-state index is 10.7. The third kappa shape index (κ3) is 2.39. The van der Waals surface area contributed by atoms with E-state index in [4.69, 9.17) is 0 Å². The molecule has 0 spiro atoms. The number of hydrogen-bond acceptors (Lipinski definition) is 2. The Labute approximate surface area is 130 Å². The van der Waals surface area contributed by atoms with Gasteiger partial charge in [0.15, 0.2) is 0 Å². The first kappa shape index (κ1) is 14.4. The summed E-state index contributed by atoms with van der Waals surface area (Å²) >= 11 is 0. The molecule has 2 aromatic carbocycles. The minimum absolute atomic E-state index is 0.200. The van der Waals surface area contributed by atoms with Crippen LogP contribution in [0.1, 0.15) is 23.7 Å². The van der Waals surface area contributed by atoms with Gasteiger partial charge in [-0.25, -0.2) is 4.68 Å². The molecular weight excluding hydrogens is 272 g/mol. The topological polar surface area (TPSA) is 38.0 Å². The molecule has 1 aromatic heterocycles. The van der Waals surface area contributed by atoms with Crippen LogP contribution in [0.15, 0.2) is 48.5 Å². The Balaban J connectivity index is 2.18. The molecule has 1 heterocycles. The first-order valence-electron chi connectivity index (χ1n) is 7.55. The summed E-state index contributed by atoms with van der Waals surface area (Å²) in [6, 6.07) is 16.0. The van der Waals surface area contributed by atoms with E-state index in [0.29, 0.717) is 0 Å². The van der Waals surface area contributed by atoms with Crippen molar-refractivity contribution in [1.29, 1.82) is 0 Å². The van der Waals surface area contributed by atoms with Crippen LogP contribution in [0.3, 0.4) is 0 Å². The zero-order valence-corrected chi connectivity index (χ0v) is 13.2. The second-order valence-corrected chi connectivity index (χ2v) is 5.55. The molecule has 0 aliphatic heterocycles. The Kier molecular flexibility index (Phi) is 3.72. The van der Waals surface area contributed by atoms with Crippen molar-refractivity contribution in [3.8, 4) is 22.7 Å². The van der Waals surface area contributed by atoms with E-state index in [1.807, 2.05) is 36.4 Å². The lowest BCUT2D eigenvalue weighted by molar-refractivity contribution is 0.435. The molecule has 3 rings (SSSR count). The number of aryl methyl sites for hydroxylation is 3. The highest BCUT2D eigenvalue weighted by atomic mass is 16.3. The van der Waals surface area contributed by atoms with Crippen molar-refractivity contribution in [2.75, 3.05) is 0 Å². The second-order valence-electron chi connectivity index (χ2n) is 5.55. The first-order valence-corrected chi connectivity index (χ1v) is 7.55. The lowest BCUT2D eigenvalue weighted by Gasteiger charge is -2.07. The highest BCUT2D eigenvalue weighted by Crippen LogP contribution is 2.34. The second kappa shape index (κ2) is 5.68. The van der Waals surface area contributed by atoms with Gasteiger partial charge in [-0.1, -0.05) is 43.3 Å². The lowest BCUT2D eigenvalue weighted by atomic mass is 10.0. The summed E-state index contributed by atoms with van der Waals surface area (Å²) < 4.78 is 1.63. The van der Waals surface area contributed by atoms with Gasteiger partial charge >= 0.3 is 0 Å². The molecule has 1 N–H and O–H groups in total. The molecule has 0 fully saturated rings. The number of nitrogens with zero attached hydrogens (tertiary/aromatic N) is 2. The number of hydrogen-bond donors (Lipinski definition) is 1. The summed E-state index contributed by atoms with van der Waals surface area (Å²) in [6.07, 6.45) is 0.773. The Morgan fingerprint density at radius 3 is 2.36 bits per heavy atom. The van der Waals surface area contributed by atoms with E-state index in [0.717, 1.165) is 28.9 Å². The number of aromatic nitrogens is 2. The van der Waals surface area contributed by atoms with Gasteiger partial charge in [0.25, 0.3) is 0 Å². The summed E-state index contributed by atoms with van der Waals surface area (Å²) in [5.74, 6) is 0.200. The summed E-state index contributed by atoms with van der Waals surface area (Å²) in [6.45, 7) is 6.20. The minimum Gasteiger partial charge on any atom is -0.493 e. The molecule has 0 saturated carbocycles. The molecule has 0 atom stereocenters. The zero-order valence-electron chi connectivity index (χ0n) is 13.2. The molecule has 0 radical (unpaired) electrons. The van der Waals surface area contributed by atoms with Crippen LogP contribution in [0.2, 0.25) is 0 Å². The minimum atomic E-state index is 0.200. The van der Waals surface area contributed by atoms with Gasteiger partial charge in [-0.2, -0.15) is 5.10 Å². The monoisotopic (exact) mass is 292 g/mol. The fraction of sp³-hybridized carbons (Fsp3) is 0.211. The Bertz CT molecular complexity index is 804. The van der Waals surface area contributed by atoms with Crippen molar-refractivity contribution >= 4 is 0 Å². The maximum absolute atomic E-state index is 10.7. The summed E-state index contributed by atoms with van der Waals surface area (Å²) in [7, 11) is 0. The van der Waals surface area contributed by atoms with Gasteiger partial charge in [-0.15, -0.1) is 0 Å². The van der Waals surface area contributed by atoms with E-state index >= 15 is 0 Å². The predicted molar refractivity (Wildman–Crippen MR) is 89.5 cm³/mol. The molecular formula is C19H20N2O. The van der Waals surface area contributed by atoms with Crippen molar-refractivity contribution in [3.05, 3.63) is 65.4 Å². The fourth-order valence-corrected chi connectivity index (χ4v) is 2.64. The van der Waals surface area contributed by atoms with Gasteiger partial charge in [-0.3, -0.25) is 0 Å². The third-order valence-corrected chi connectivity index (χ3v) is 4.07. The van der Waals surface area contributed by atoms with E-state index < -0.39 is 0 Å². The van der Waals surface area contributed by atoms with E-state index in [1.165, 1.54) is 11.1 Å². The quantitative estimate of drug-likeness (QED) is 0.775. The largest absolute Gasteiger partial charge is 0.493 e. The van der Waals surface area contributed by atoms with Crippen LogP contribution in [0.25, 0.3) is 16.8 Å². The van der Waals surface area contributed by atoms with Crippen LogP contribution in [-0.4, -0.2) is 14.9 Å². The van der Waals surface area contributed by atoms with Gasteiger partial charge < -0.3 is 5.11 Å². The van der Waals surface area contributed by atoms with Crippen LogP contribution >= 0.6 is 0 Å². The van der Waals surface area contributed by atoms with Crippen LogP contribution in [0.4, 0.5) is 0 Å². The van der Waals surface area contributed by atoms with Gasteiger partial charge in [0.05, 0.1) is 16.9 Å². The van der Waals surface area contributed by atoms with Crippen LogP contribution < -0.4 is 0 Å². The highest BCUT2D eigenvalue weighted by molar-refractivity contribution is 5.72. The molecule has 3 nitrogen and oxygen atoms in total. The van der Waals surface area contributed by atoms with E-state index in [2.05, 4.69) is 38.0 Å². The molecule has 0 unspecified atom stereocenters. The lowest BCUT2D eigenvalue weighted by Crippen LogP contribution is -1.97. The van der Waals surface area contributed by atoms with Gasteiger partial charge in [-0.05, 0) is 49.1 Å². The SMILES string of the molecule is CCc1nn(-c2ccc(C)c(C)c2)c(O)c1-c1ccccc1. The van der Waals surface area contributed by atoms with Crippen molar-refractivity contribution in [3.63, 3.8) is 0 Å². The first-order chi connectivity index (χ1) is 10.6. The Morgan fingerprint density at radius 2 is 1.73 bits per heavy atom. The molecule has 22 heavy (non-hydrogen) atoms. The molecule has 0 aliphatic rings. The molecule has 0 saturated heterocycles. The smallest absolute Gasteiger partial charge is 0.222 e. The third-order valence-electron chi connectivity index (χ3n) is 4.07. The zero-order chi connectivity index (χ0) is 15.7. The van der Waals surface area contributed by atoms with E-state index in [9.17, 15) is 5.11 Å².